The lowest BCUT2D eigenvalue weighted by Crippen LogP contribution is -2.43. The smallest absolute Gasteiger partial charge is 0.408 e. The monoisotopic (exact) mass is 489 g/mol. The highest BCUT2D eigenvalue weighted by molar-refractivity contribution is 5.82. The molecular formula is C19H28FN5O9. The fourth-order valence-electron chi connectivity index (χ4n) is 2.73. The number of hydrogen-bond acceptors (Lipinski definition) is 8. The van der Waals surface area contributed by atoms with Gasteiger partial charge in [0.25, 0.3) is 0 Å². The van der Waals surface area contributed by atoms with Gasteiger partial charge in [0.1, 0.15) is 12.7 Å². The summed E-state index contributed by atoms with van der Waals surface area (Å²) in [6.07, 6.45) is -1.28. The van der Waals surface area contributed by atoms with E-state index in [4.69, 9.17) is 10.2 Å². The first kappa shape index (κ1) is 28.3. The number of carboxylic acids is 3. The van der Waals surface area contributed by atoms with E-state index < -0.39 is 55.7 Å². The minimum Gasteiger partial charge on any atom is -0.481 e. The van der Waals surface area contributed by atoms with Gasteiger partial charge in [0, 0.05) is 38.4 Å². The molecule has 5 N–H and O–H groups in total. The molecule has 0 fully saturated rings. The number of unbranched alkanes of at least 4 members (excludes halogenated alkanes) is 1. The lowest BCUT2D eigenvalue weighted by atomic mass is 10.1. The van der Waals surface area contributed by atoms with Gasteiger partial charge in [0.05, 0.1) is 12.2 Å². The molecule has 0 saturated heterocycles. The van der Waals surface area contributed by atoms with Gasteiger partial charge in [-0.2, -0.15) is 0 Å². The number of aliphatic carboxylic acids is 3. The molecule has 1 heterocycles. The lowest BCUT2D eigenvalue weighted by molar-refractivity contribution is -0.148. The number of ether oxygens (including phenoxy) is 1. The summed E-state index contributed by atoms with van der Waals surface area (Å²) in [7, 11) is 0. The molecular weight excluding hydrogens is 461 g/mol. The first-order valence-corrected chi connectivity index (χ1v) is 10.5. The van der Waals surface area contributed by atoms with E-state index in [2.05, 4.69) is 20.4 Å². The summed E-state index contributed by atoms with van der Waals surface area (Å²) in [5, 5.41) is 39.1. The maximum absolute atomic E-state index is 12.2. The molecule has 0 aliphatic carbocycles. The van der Waals surface area contributed by atoms with Gasteiger partial charge in [-0.3, -0.25) is 9.59 Å². The largest absolute Gasteiger partial charge is 0.481 e. The molecule has 0 aromatic carbocycles. The highest BCUT2D eigenvalue weighted by Crippen LogP contribution is 2.06. The van der Waals surface area contributed by atoms with Crippen molar-refractivity contribution in [3.63, 3.8) is 0 Å². The third-order valence-corrected chi connectivity index (χ3v) is 4.48. The zero-order valence-corrected chi connectivity index (χ0v) is 18.3. The van der Waals surface area contributed by atoms with Crippen molar-refractivity contribution in [3.05, 3.63) is 11.9 Å². The predicted molar refractivity (Wildman–Crippen MR) is 111 cm³/mol. The number of nitrogens with one attached hydrogen (secondary N) is 2. The molecule has 1 aromatic heterocycles. The topological polar surface area (TPSA) is 210 Å². The number of carbonyl (C=O) groups excluding carboxylic acids is 2. The zero-order chi connectivity index (χ0) is 25.5. The zero-order valence-electron chi connectivity index (χ0n) is 18.3. The number of halogens is 1. The molecule has 0 saturated carbocycles. The number of amides is 2. The third kappa shape index (κ3) is 11.7. The molecule has 1 aromatic rings. The normalized spacial score (nSPS) is 12.4. The van der Waals surface area contributed by atoms with Crippen LogP contribution in [0.25, 0.3) is 0 Å². The predicted octanol–water partition coefficient (Wildman–Crippen LogP) is -0.0359. The van der Waals surface area contributed by atoms with Crippen LogP contribution in [-0.4, -0.2) is 85.6 Å². The maximum Gasteiger partial charge on any atom is 0.408 e. The van der Waals surface area contributed by atoms with Gasteiger partial charge in [-0.15, -0.1) is 5.10 Å². The highest BCUT2D eigenvalue weighted by atomic mass is 19.1. The number of carbonyl (C=O) groups is 5. The van der Waals surface area contributed by atoms with Crippen LogP contribution >= 0.6 is 0 Å². The number of nitrogens with zero attached hydrogens (tertiary/aromatic N) is 3. The molecule has 15 heteroatoms. The summed E-state index contributed by atoms with van der Waals surface area (Å²) < 4.78 is 18.2. The fourth-order valence-corrected chi connectivity index (χ4v) is 2.73. The van der Waals surface area contributed by atoms with Crippen molar-refractivity contribution in [2.24, 2.45) is 0 Å². The van der Waals surface area contributed by atoms with Gasteiger partial charge >= 0.3 is 24.0 Å². The minimum absolute atomic E-state index is 0.00908. The third-order valence-electron chi connectivity index (χ3n) is 4.48. The molecule has 1 rings (SSSR count). The Balaban J connectivity index is 2.31. The standard InChI is InChI=1S/C19H28FN5O9/c20-8-10-25-11-12(23-24-25)4-6-15(26)21-9-2-1-3-13(17(29)30)22-19(33)34-14(18(31)32)5-7-16(27)28/h11,13-14H,1-10H2,(H,21,26)(H,22,33)(H,27,28)(H,29,30)(H,31,32)/t13-,14?/m0/s1. The molecule has 0 aliphatic rings. The van der Waals surface area contributed by atoms with E-state index in [1.807, 2.05) is 5.32 Å². The van der Waals surface area contributed by atoms with E-state index in [9.17, 15) is 33.5 Å². The van der Waals surface area contributed by atoms with Crippen molar-refractivity contribution >= 4 is 29.9 Å². The van der Waals surface area contributed by atoms with Crippen molar-refractivity contribution in [1.82, 2.24) is 25.6 Å². The Labute approximate surface area is 193 Å². The van der Waals surface area contributed by atoms with E-state index in [0.717, 1.165) is 0 Å². The summed E-state index contributed by atoms with van der Waals surface area (Å²) in [5.74, 6) is -4.44. The molecule has 2 atom stereocenters. The number of aryl methyl sites for hydroxylation is 2. The van der Waals surface area contributed by atoms with Gasteiger partial charge in [-0.1, -0.05) is 5.21 Å². The molecule has 34 heavy (non-hydrogen) atoms. The minimum atomic E-state index is -1.73. The molecule has 0 radical (unpaired) electrons. The van der Waals surface area contributed by atoms with E-state index in [-0.39, 0.29) is 31.8 Å². The van der Waals surface area contributed by atoms with Crippen molar-refractivity contribution in [2.45, 2.75) is 63.6 Å². The molecule has 0 spiro atoms. The Morgan fingerprint density at radius 2 is 1.79 bits per heavy atom. The summed E-state index contributed by atoms with van der Waals surface area (Å²) in [6.45, 7) is -0.215. The lowest BCUT2D eigenvalue weighted by Gasteiger charge is -2.17. The summed E-state index contributed by atoms with van der Waals surface area (Å²) in [6, 6.07) is -1.36. The Hall–Kier alpha value is -3.78. The summed E-state index contributed by atoms with van der Waals surface area (Å²) in [4.78, 5) is 56.6. The van der Waals surface area contributed by atoms with Crippen LogP contribution in [0.3, 0.4) is 0 Å². The summed E-state index contributed by atoms with van der Waals surface area (Å²) >= 11 is 0. The van der Waals surface area contributed by atoms with Crippen LogP contribution in [0.2, 0.25) is 0 Å². The first-order valence-electron chi connectivity index (χ1n) is 10.5. The quantitative estimate of drug-likeness (QED) is 0.183. The number of alkyl carbamates (subject to hydrolysis) is 1. The highest BCUT2D eigenvalue weighted by Gasteiger charge is 2.26. The van der Waals surface area contributed by atoms with E-state index in [0.29, 0.717) is 25.0 Å². The van der Waals surface area contributed by atoms with Gasteiger partial charge < -0.3 is 30.7 Å². The molecule has 14 nitrogen and oxygen atoms in total. The van der Waals surface area contributed by atoms with Crippen LogP contribution in [-0.2, 0) is 36.9 Å². The van der Waals surface area contributed by atoms with Crippen LogP contribution in [0.15, 0.2) is 6.20 Å². The van der Waals surface area contributed by atoms with Gasteiger partial charge in [0.15, 0.2) is 0 Å². The second kappa shape index (κ2) is 15.1. The van der Waals surface area contributed by atoms with Gasteiger partial charge in [-0.25, -0.2) is 23.5 Å². The van der Waals surface area contributed by atoms with E-state index in [1.54, 1.807) is 6.20 Å². The van der Waals surface area contributed by atoms with E-state index >= 15 is 0 Å². The average Bonchev–Trinajstić information content (AvgIpc) is 3.21. The Kier molecular flexibility index (Phi) is 12.6. The number of alkyl halides is 1. The maximum atomic E-state index is 12.2. The number of rotatable bonds is 17. The van der Waals surface area contributed by atoms with Crippen LogP contribution in [0.5, 0.6) is 0 Å². The fraction of sp³-hybridized carbons (Fsp3) is 0.632. The second-order valence-corrected chi connectivity index (χ2v) is 7.21. The van der Waals surface area contributed by atoms with Crippen LogP contribution in [0.4, 0.5) is 9.18 Å². The molecule has 0 aliphatic heterocycles. The van der Waals surface area contributed by atoms with E-state index in [1.165, 1.54) is 4.68 Å². The van der Waals surface area contributed by atoms with Gasteiger partial charge in [-0.05, 0) is 19.3 Å². The number of hydrogen-bond donors (Lipinski definition) is 5. The van der Waals surface area contributed by atoms with Crippen LogP contribution in [0, 0.1) is 0 Å². The second-order valence-electron chi connectivity index (χ2n) is 7.21. The number of carboxylic acid groups (broad SMARTS) is 3. The van der Waals surface area contributed by atoms with Crippen molar-refractivity contribution in [1.29, 1.82) is 0 Å². The van der Waals surface area contributed by atoms with Crippen molar-refractivity contribution in [2.75, 3.05) is 13.2 Å². The van der Waals surface area contributed by atoms with Gasteiger partial charge in [0.2, 0.25) is 12.0 Å². The Morgan fingerprint density at radius 3 is 2.41 bits per heavy atom. The number of aromatic nitrogens is 3. The Bertz CT molecular complexity index is 848. The van der Waals surface area contributed by atoms with Crippen molar-refractivity contribution in [3.8, 4) is 0 Å². The summed E-state index contributed by atoms with van der Waals surface area (Å²) in [5.41, 5.74) is 0.555. The van der Waals surface area contributed by atoms with Crippen LogP contribution < -0.4 is 10.6 Å². The van der Waals surface area contributed by atoms with Crippen LogP contribution in [0.1, 0.15) is 44.2 Å². The molecule has 1 unspecified atom stereocenters. The molecule has 0 bridgehead atoms. The molecule has 2 amide bonds. The molecule has 190 valence electrons. The first-order chi connectivity index (χ1) is 16.1. The van der Waals surface area contributed by atoms with Crippen molar-refractivity contribution < 1.29 is 48.4 Å². The SMILES string of the molecule is O=C(O)CCC(OC(=O)N[C@@H](CCCCNC(=O)CCc1cn(CCF)nn1)C(=O)O)C(=O)O. The average molecular weight is 489 g/mol. The Morgan fingerprint density at radius 1 is 1.06 bits per heavy atom.